The lowest BCUT2D eigenvalue weighted by molar-refractivity contribution is 0.103. The molecule has 0 fully saturated rings. The highest BCUT2D eigenvalue weighted by Crippen LogP contribution is 2.36. The first-order valence-electron chi connectivity index (χ1n) is 7.43. The van der Waals surface area contributed by atoms with Crippen LogP contribution in [0.4, 0.5) is 11.4 Å². The predicted octanol–water partition coefficient (Wildman–Crippen LogP) is 3.33. The number of aromatic hydroxyl groups is 1. The molecule has 1 aliphatic carbocycles. The number of carbonyl (C=O) groups is 1. The van der Waals surface area contributed by atoms with E-state index in [1.54, 1.807) is 12.1 Å². The van der Waals surface area contributed by atoms with Crippen LogP contribution in [-0.4, -0.2) is 16.0 Å². The van der Waals surface area contributed by atoms with E-state index in [1.807, 2.05) is 0 Å². The van der Waals surface area contributed by atoms with Crippen molar-refractivity contribution in [3.8, 4) is 5.75 Å². The summed E-state index contributed by atoms with van der Waals surface area (Å²) in [5, 5.41) is 13.0. The second-order valence-electron chi connectivity index (χ2n) is 5.65. The summed E-state index contributed by atoms with van der Waals surface area (Å²) in [5.41, 5.74) is 9.65. The number of benzene rings is 1. The van der Waals surface area contributed by atoms with Gasteiger partial charge in [0.2, 0.25) is 0 Å². The fraction of sp³-hybridized carbons (Fsp3) is 0.176. The fourth-order valence-corrected chi connectivity index (χ4v) is 3.89. The number of fused-ring (bicyclic) bond motifs is 2. The Morgan fingerprint density at radius 3 is 2.83 bits per heavy atom. The molecule has 0 spiro atoms. The van der Waals surface area contributed by atoms with Gasteiger partial charge in [-0.25, -0.2) is 4.98 Å². The van der Waals surface area contributed by atoms with E-state index < -0.39 is 0 Å². The number of nitrogen functional groups attached to an aromatic ring is 1. The first-order valence-corrected chi connectivity index (χ1v) is 8.24. The molecule has 0 bridgehead atoms. The SMILES string of the molecule is Nc1c(C(=O)Nc2ccc(O)cc2)sc2nc3c(cc12)CCC3. The van der Waals surface area contributed by atoms with Crippen LogP contribution in [0, 0.1) is 0 Å². The van der Waals surface area contributed by atoms with Crippen molar-refractivity contribution in [1.82, 2.24) is 4.98 Å². The first-order chi connectivity index (χ1) is 11.1. The number of hydrogen-bond acceptors (Lipinski definition) is 5. The van der Waals surface area contributed by atoms with Gasteiger partial charge in [-0.1, -0.05) is 0 Å². The number of nitrogens with one attached hydrogen (secondary N) is 1. The summed E-state index contributed by atoms with van der Waals surface area (Å²) in [6.07, 6.45) is 3.16. The molecule has 23 heavy (non-hydrogen) atoms. The number of nitrogens with two attached hydrogens (primary N) is 1. The summed E-state index contributed by atoms with van der Waals surface area (Å²) in [6.45, 7) is 0. The van der Waals surface area contributed by atoms with Crippen LogP contribution < -0.4 is 11.1 Å². The Labute approximate surface area is 136 Å². The molecule has 3 aromatic rings. The Bertz CT molecular complexity index is 916. The number of rotatable bonds is 2. The molecule has 1 aromatic carbocycles. The van der Waals surface area contributed by atoms with Crippen LogP contribution in [0.1, 0.15) is 27.3 Å². The van der Waals surface area contributed by atoms with Crippen LogP contribution in [0.15, 0.2) is 30.3 Å². The zero-order valence-electron chi connectivity index (χ0n) is 12.3. The van der Waals surface area contributed by atoms with E-state index in [4.69, 9.17) is 5.73 Å². The molecule has 1 amide bonds. The van der Waals surface area contributed by atoms with Crippen molar-refractivity contribution in [2.75, 3.05) is 11.1 Å². The summed E-state index contributed by atoms with van der Waals surface area (Å²) < 4.78 is 0. The molecule has 4 rings (SSSR count). The van der Waals surface area contributed by atoms with Gasteiger partial charge in [0.25, 0.3) is 5.91 Å². The molecule has 6 heteroatoms. The number of anilines is 2. The smallest absolute Gasteiger partial charge is 0.267 e. The summed E-state index contributed by atoms with van der Waals surface area (Å²) in [7, 11) is 0. The van der Waals surface area contributed by atoms with E-state index in [0.29, 0.717) is 16.3 Å². The Hall–Kier alpha value is -2.60. The van der Waals surface area contributed by atoms with Crippen molar-refractivity contribution in [2.24, 2.45) is 0 Å². The number of hydrogen-bond donors (Lipinski definition) is 3. The van der Waals surface area contributed by atoms with Crippen LogP contribution in [-0.2, 0) is 12.8 Å². The summed E-state index contributed by atoms with van der Waals surface area (Å²) in [4.78, 5) is 18.4. The number of amides is 1. The lowest BCUT2D eigenvalue weighted by Gasteiger charge is -2.04. The third-order valence-electron chi connectivity index (χ3n) is 4.08. The number of pyridine rings is 1. The average Bonchev–Trinajstić information content (AvgIpc) is 3.12. The van der Waals surface area contributed by atoms with Gasteiger partial charge in [-0.3, -0.25) is 4.79 Å². The molecular weight excluding hydrogens is 310 g/mol. The number of thiophene rings is 1. The Morgan fingerprint density at radius 1 is 1.26 bits per heavy atom. The number of aromatic nitrogens is 1. The molecule has 4 N–H and O–H groups in total. The highest BCUT2D eigenvalue weighted by Gasteiger charge is 2.21. The molecule has 0 radical (unpaired) electrons. The number of phenolic OH excluding ortho intramolecular Hbond substituents is 1. The van der Waals surface area contributed by atoms with E-state index in [9.17, 15) is 9.90 Å². The van der Waals surface area contributed by atoms with Crippen LogP contribution in [0.2, 0.25) is 0 Å². The molecule has 2 aromatic heterocycles. The van der Waals surface area contributed by atoms with E-state index in [1.165, 1.54) is 29.0 Å². The molecule has 1 aliphatic rings. The first kappa shape index (κ1) is 14.0. The van der Waals surface area contributed by atoms with Crippen molar-refractivity contribution in [3.63, 3.8) is 0 Å². The fourth-order valence-electron chi connectivity index (χ4n) is 2.90. The number of aryl methyl sites for hydroxylation is 2. The van der Waals surface area contributed by atoms with Gasteiger partial charge in [0.15, 0.2) is 0 Å². The van der Waals surface area contributed by atoms with Gasteiger partial charge in [-0.15, -0.1) is 11.3 Å². The average molecular weight is 325 g/mol. The van der Waals surface area contributed by atoms with Crippen molar-refractivity contribution < 1.29 is 9.90 Å². The topological polar surface area (TPSA) is 88.2 Å². The van der Waals surface area contributed by atoms with Crippen LogP contribution in [0.3, 0.4) is 0 Å². The Morgan fingerprint density at radius 2 is 2.04 bits per heavy atom. The van der Waals surface area contributed by atoms with Gasteiger partial charge in [-0.05, 0) is 55.2 Å². The molecular formula is C17H15N3O2S. The second-order valence-corrected chi connectivity index (χ2v) is 6.65. The van der Waals surface area contributed by atoms with Crippen LogP contribution in [0.5, 0.6) is 5.75 Å². The molecule has 0 atom stereocenters. The van der Waals surface area contributed by atoms with Gasteiger partial charge in [0.1, 0.15) is 15.5 Å². The highest BCUT2D eigenvalue weighted by atomic mass is 32.1. The van der Waals surface area contributed by atoms with Crippen molar-refractivity contribution in [1.29, 1.82) is 0 Å². The van der Waals surface area contributed by atoms with Crippen molar-refractivity contribution in [3.05, 3.63) is 46.5 Å². The number of carbonyl (C=O) groups excluding carboxylic acids is 1. The second kappa shape index (κ2) is 5.24. The van der Waals surface area contributed by atoms with Gasteiger partial charge in [0, 0.05) is 16.8 Å². The standard InChI is InChI=1S/C17H15N3O2S/c18-14-12-8-9-2-1-3-13(9)20-17(12)23-15(14)16(22)19-10-4-6-11(21)7-5-10/h4-8,21H,1-3,18H2,(H,19,22). The maximum Gasteiger partial charge on any atom is 0.267 e. The molecule has 2 heterocycles. The number of phenols is 1. The molecule has 5 nitrogen and oxygen atoms in total. The van der Waals surface area contributed by atoms with E-state index >= 15 is 0 Å². The minimum atomic E-state index is -0.253. The third-order valence-corrected chi connectivity index (χ3v) is 5.19. The molecule has 0 unspecified atom stereocenters. The summed E-state index contributed by atoms with van der Waals surface area (Å²) in [5.74, 6) is -0.0977. The lowest BCUT2D eigenvalue weighted by Crippen LogP contribution is -2.11. The zero-order chi connectivity index (χ0) is 16.0. The quantitative estimate of drug-likeness (QED) is 0.631. The lowest BCUT2D eigenvalue weighted by atomic mass is 10.1. The highest BCUT2D eigenvalue weighted by molar-refractivity contribution is 7.21. The van der Waals surface area contributed by atoms with E-state index in [0.717, 1.165) is 35.2 Å². The summed E-state index contributed by atoms with van der Waals surface area (Å²) in [6, 6.07) is 8.41. The Kier molecular flexibility index (Phi) is 3.20. The maximum absolute atomic E-state index is 12.5. The molecule has 0 saturated heterocycles. The van der Waals surface area contributed by atoms with Gasteiger partial charge in [-0.2, -0.15) is 0 Å². The van der Waals surface area contributed by atoms with Gasteiger partial charge >= 0.3 is 0 Å². The monoisotopic (exact) mass is 325 g/mol. The molecule has 0 aliphatic heterocycles. The Balaban J connectivity index is 1.69. The molecule has 0 saturated carbocycles. The van der Waals surface area contributed by atoms with Gasteiger partial charge in [0.05, 0.1) is 5.69 Å². The number of nitrogens with zero attached hydrogens (tertiary/aromatic N) is 1. The van der Waals surface area contributed by atoms with Crippen molar-refractivity contribution >= 4 is 38.8 Å². The van der Waals surface area contributed by atoms with E-state index in [2.05, 4.69) is 16.4 Å². The van der Waals surface area contributed by atoms with Crippen LogP contribution in [0.25, 0.3) is 10.2 Å². The summed E-state index contributed by atoms with van der Waals surface area (Å²) >= 11 is 1.32. The minimum Gasteiger partial charge on any atom is -0.508 e. The van der Waals surface area contributed by atoms with Gasteiger partial charge < -0.3 is 16.2 Å². The van der Waals surface area contributed by atoms with E-state index in [-0.39, 0.29) is 11.7 Å². The molecule has 116 valence electrons. The minimum absolute atomic E-state index is 0.156. The zero-order valence-corrected chi connectivity index (χ0v) is 13.1. The maximum atomic E-state index is 12.5. The van der Waals surface area contributed by atoms with Crippen molar-refractivity contribution in [2.45, 2.75) is 19.3 Å². The third kappa shape index (κ3) is 2.41. The normalized spacial score (nSPS) is 13.2. The van der Waals surface area contributed by atoms with Crippen LogP contribution >= 0.6 is 11.3 Å². The largest absolute Gasteiger partial charge is 0.508 e. The predicted molar refractivity (Wildman–Crippen MR) is 92.1 cm³/mol.